The van der Waals surface area contributed by atoms with Crippen LogP contribution >= 0.6 is 0 Å². The van der Waals surface area contributed by atoms with Crippen molar-refractivity contribution in [3.8, 4) is 0 Å². The lowest BCUT2D eigenvalue weighted by atomic mass is 9.89. The maximum absolute atomic E-state index is 9.26. The van der Waals surface area contributed by atoms with Crippen LogP contribution in [-0.2, 0) is 4.74 Å². The second-order valence-electron chi connectivity index (χ2n) is 3.31. The number of aliphatic hydroxyl groups excluding tert-OH is 1. The molecule has 1 heterocycles. The highest BCUT2D eigenvalue weighted by Crippen LogP contribution is 2.47. The summed E-state index contributed by atoms with van der Waals surface area (Å²) in [6.07, 6.45) is 3.18. The fraction of sp³-hybridized carbons (Fsp3) is 1.00. The van der Waals surface area contributed by atoms with Crippen molar-refractivity contribution >= 4 is 0 Å². The average Bonchev–Trinajstić information content (AvgIpc) is 2.43. The maximum Gasteiger partial charge on any atom is 0.113 e. The predicted octanol–water partition coefficient (Wildman–Crippen LogP) is 0.689. The van der Waals surface area contributed by atoms with Gasteiger partial charge in [0.05, 0.1) is 11.7 Å². The van der Waals surface area contributed by atoms with Crippen LogP contribution < -0.4 is 0 Å². The van der Waals surface area contributed by atoms with E-state index in [-0.39, 0.29) is 17.8 Å². The summed E-state index contributed by atoms with van der Waals surface area (Å²) in [5, 5.41) is 9.26. The Balaban J connectivity index is 2.07. The number of epoxide rings is 1. The van der Waals surface area contributed by atoms with Crippen LogP contribution in [0, 0.1) is 0 Å². The normalized spacial score (nSPS) is 56.7. The molecule has 0 bridgehead atoms. The van der Waals surface area contributed by atoms with Gasteiger partial charge < -0.3 is 9.84 Å². The van der Waals surface area contributed by atoms with E-state index in [0.717, 1.165) is 19.3 Å². The molecule has 1 saturated heterocycles. The van der Waals surface area contributed by atoms with Crippen molar-refractivity contribution in [2.24, 2.45) is 0 Å². The summed E-state index contributed by atoms with van der Waals surface area (Å²) in [6, 6.07) is 0. The van der Waals surface area contributed by atoms with Gasteiger partial charge in [-0.1, -0.05) is 0 Å². The van der Waals surface area contributed by atoms with Gasteiger partial charge in [-0.2, -0.15) is 0 Å². The molecule has 2 fully saturated rings. The van der Waals surface area contributed by atoms with Crippen molar-refractivity contribution in [3.63, 3.8) is 0 Å². The Morgan fingerprint density at radius 1 is 1.67 bits per heavy atom. The highest BCUT2D eigenvalue weighted by Gasteiger charge is 2.57. The molecule has 2 heteroatoms. The summed E-state index contributed by atoms with van der Waals surface area (Å²) >= 11 is 0. The minimum atomic E-state index is -0.177. The third-order valence-corrected chi connectivity index (χ3v) is 2.46. The molecule has 2 aliphatic rings. The monoisotopic (exact) mass is 128 g/mol. The molecule has 0 unspecified atom stereocenters. The SMILES string of the molecule is C[C@]12CCC[C@H](O)[C@@H]1O2. The first-order valence-corrected chi connectivity index (χ1v) is 3.58. The van der Waals surface area contributed by atoms with Crippen molar-refractivity contribution in [1.82, 2.24) is 0 Å². The van der Waals surface area contributed by atoms with Crippen molar-refractivity contribution < 1.29 is 9.84 Å². The van der Waals surface area contributed by atoms with Gasteiger partial charge in [0.1, 0.15) is 6.10 Å². The minimum Gasteiger partial charge on any atom is -0.390 e. The van der Waals surface area contributed by atoms with Gasteiger partial charge in [-0.15, -0.1) is 0 Å². The van der Waals surface area contributed by atoms with Crippen LogP contribution in [0.15, 0.2) is 0 Å². The Kier molecular flexibility index (Phi) is 0.945. The molecule has 0 spiro atoms. The van der Waals surface area contributed by atoms with E-state index in [1.165, 1.54) is 0 Å². The molecule has 1 saturated carbocycles. The van der Waals surface area contributed by atoms with Gasteiger partial charge in [-0.25, -0.2) is 0 Å². The van der Waals surface area contributed by atoms with Crippen LogP contribution in [-0.4, -0.2) is 22.9 Å². The van der Waals surface area contributed by atoms with E-state index in [1.54, 1.807) is 0 Å². The van der Waals surface area contributed by atoms with E-state index < -0.39 is 0 Å². The third-order valence-electron chi connectivity index (χ3n) is 2.46. The Labute approximate surface area is 54.8 Å². The van der Waals surface area contributed by atoms with Crippen LogP contribution in [0.25, 0.3) is 0 Å². The van der Waals surface area contributed by atoms with E-state index in [9.17, 15) is 5.11 Å². The quantitative estimate of drug-likeness (QED) is 0.487. The number of hydrogen-bond acceptors (Lipinski definition) is 2. The zero-order valence-corrected chi connectivity index (χ0v) is 5.63. The van der Waals surface area contributed by atoms with Crippen LogP contribution in [0.2, 0.25) is 0 Å². The summed E-state index contributed by atoms with van der Waals surface area (Å²) in [5.41, 5.74) is 0.0671. The molecule has 52 valence electrons. The molecule has 2 rings (SSSR count). The Morgan fingerprint density at radius 3 is 3.00 bits per heavy atom. The van der Waals surface area contributed by atoms with Crippen molar-refractivity contribution in [2.45, 2.75) is 44.0 Å². The fourth-order valence-corrected chi connectivity index (χ4v) is 1.76. The number of fused-ring (bicyclic) bond motifs is 1. The molecule has 1 aliphatic carbocycles. The highest BCUT2D eigenvalue weighted by atomic mass is 16.6. The number of rotatable bonds is 0. The van der Waals surface area contributed by atoms with Crippen molar-refractivity contribution in [2.75, 3.05) is 0 Å². The molecule has 1 N–H and O–H groups in total. The number of ether oxygens (including phenoxy) is 1. The summed E-state index contributed by atoms with van der Waals surface area (Å²) in [5.74, 6) is 0. The Hall–Kier alpha value is -0.0800. The Morgan fingerprint density at radius 2 is 2.44 bits per heavy atom. The van der Waals surface area contributed by atoms with Crippen LogP contribution in [0.4, 0.5) is 0 Å². The van der Waals surface area contributed by atoms with E-state index in [2.05, 4.69) is 6.92 Å². The van der Waals surface area contributed by atoms with Gasteiger partial charge in [0.25, 0.3) is 0 Å². The molecule has 0 aromatic rings. The van der Waals surface area contributed by atoms with Gasteiger partial charge in [-0.3, -0.25) is 0 Å². The topological polar surface area (TPSA) is 32.8 Å². The molecule has 2 nitrogen and oxygen atoms in total. The molecule has 0 aromatic carbocycles. The molecular weight excluding hydrogens is 116 g/mol. The van der Waals surface area contributed by atoms with Crippen molar-refractivity contribution in [1.29, 1.82) is 0 Å². The zero-order valence-electron chi connectivity index (χ0n) is 5.63. The van der Waals surface area contributed by atoms with E-state index in [1.807, 2.05) is 0 Å². The van der Waals surface area contributed by atoms with Gasteiger partial charge in [0, 0.05) is 0 Å². The molecule has 0 radical (unpaired) electrons. The first-order chi connectivity index (χ1) is 4.22. The first-order valence-electron chi connectivity index (χ1n) is 3.58. The molecule has 9 heavy (non-hydrogen) atoms. The highest BCUT2D eigenvalue weighted by molar-refractivity contribution is 5.05. The first kappa shape index (κ1) is 5.69. The number of hydrogen-bond donors (Lipinski definition) is 1. The smallest absolute Gasteiger partial charge is 0.113 e. The molecule has 3 atom stereocenters. The molecule has 1 aliphatic heterocycles. The maximum atomic E-state index is 9.26. The average molecular weight is 128 g/mol. The van der Waals surface area contributed by atoms with Crippen LogP contribution in [0.3, 0.4) is 0 Å². The molecule has 0 amide bonds. The summed E-state index contributed by atoms with van der Waals surface area (Å²) in [7, 11) is 0. The zero-order chi connectivity index (χ0) is 6.48. The van der Waals surface area contributed by atoms with Crippen molar-refractivity contribution in [3.05, 3.63) is 0 Å². The van der Waals surface area contributed by atoms with Gasteiger partial charge in [-0.05, 0) is 26.2 Å². The van der Waals surface area contributed by atoms with Gasteiger partial charge in [0.15, 0.2) is 0 Å². The lowest BCUT2D eigenvalue weighted by Crippen LogP contribution is -2.27. The predicted molar refractivity (Wildman–Crippen MR) is 33.1 cm³/mol. The third kappa shape index (κ3) is 0.700. The van der Waals surface area contributed by atoms with E-state index in [0.29, 0.717) is 0 Å². The molecule has 0 aromatic heterocycles. The summed E-state index contributed by atoms with van der Waals surface area (Å²) in [6.45, 7) is 2.08. The van der Waals surface area contributed by atoms with E-state index >= 15 is 0 Å². The van der Waals surface area contributed by atoms with Crippen LogP contribution in [0.1, 0.15) is 26.2 Å². The second-order valence-corrected chi connectivity index (χ2v) is 3.31. The van der Waals surface area contributed by atoms with Gasteiger partial charge in [0.2, 0.25) is 0 Å². The summed E-state index contributed by atoms with van der Waals surface area (Å²) in [4.78, 5) is 0. The van der Waals surface area contributed by atoms with E-state index in [4.69, 9.17) is 4.74 Å². The number of aliphatic hydroxyl groups is 1. The lowest BCUT2D eigenvalue weighted by Gasteiger charge is -2.16. The summed E-state index contributed by atoms with van der Waals surface area (Å²) < 4.78 is 5.33. The second kappa shape index (κ2) is 1.50. The van der Waals surface area contributed by atoms with Crippen LogP contribution in [0.5, 0.6) is 0 Å². The van der Waals surface area contributed by atoms with Gasteiger partial charge >= 0.3 is 0 Å². The molecular formula is C7H12O2. The minimum absolute atomic E-state index is 0.0671. The Bertz CT molecular complexity index is 135. The lowest BCUT2D eigenvalue weighted by molar-refractivity contribution is 0.123. The largest absolute Gasteiger partial charge is 0.390 e. The standard InChI is InChI=1S/C7H12O2/c1-7-4-2-3-5(8)6(7)9-7/h5-6,8H,2-4H2,1H3/t5-,6-,7-/m0/s1. The fourth-order valence-electron chi connectivity index (χ4n) is 1.76.